The second-order valence-corrected chi connectivity index (χ2v) is 10.6. The zero-order valence-electron chi connectivity index (χ0n) is 22.7. The molecule has 0 spiro atoms. The molecule has 0 fully saturated rings. The third-order valence-corrected chi connectivity index (χ3v) is 7.90. The lowest BCUT2D eigenvalue weighted by Crippen LogP contribution is -2.31. The smallest absolute Gasteiger partial charge is 0.329 e. The number of fused-ring (bicyclic) bond motifs is 2. The quantitative estimate of drug-likeness (QED) is 0.163. The van der Waals surface area contributed by atoms with E-state index in [0.29, 0.717) is 47.1 Å². The lowest BCUT2D eigenvalue weighted by Gasteiger charge is -2.20. The van der Waals surface area contributed by atoms with Crippen LogP contribution in [0.1, 0.15) is 29.4 Å². The number of benzene rings is 3. The summed E-state index contributed by atoms with van der Waals surface area (Å²) in [5.41, 5.74) is 0.826. The summed E-state index contributed by atoms with van der Waals surface area (Å²) in [6.45, 7) is 2.69. The van der Waals surface area contributed by atoms with Gasteiger partial charge in [-0.25, -0.2) is 9.13 Å². The number of aryl methyl sites for hydroxylation is 1. The number of aromatic nitrogens is 2. The topological polar surface area (TPSA) is 15.3 Å². The number of nitrogens with zero attached hydrogens (tertiary/aromatic N) is 4. The Morgan fingerprint density at radius 1 is 0.857 bits per heavy atom. The molecule has 0 aliphatic carbocycles. The summed E-state index contributed by atoms with van der Waals surface area (Å²) in [6.07, 6.45) is -4.03. The van der Waals surface area contributed by atoms with Crippen molar-refractivity contribution in [3.8, 4) is 0 Å². The van der Waals surface area contributed by atoms with Crippen molar-refractivity contribution in [1.29, 1.82) is 0 Å². The van der Waals surface area contributed by atoms with Crippen LogP contribution in [0.25, 0.3) is 17.1 Å². The highest BCUT2D eigenvalue weighted by atomic mass is 35.5. The molecule has 0 saturated carbocycles. The summed E-state index contributed by atoms with van der Waals surface area (Å²) < 4.78 is 85.1. The molecule has 4 aromatic rings. The van der Waals surface area contributed by atoms with Crippen LogP contribution in [0.5, 0.6) is 0 Å². The van der Waals surface area contributed by atoms with Gasteiger partial charge in [0.05, 0.1) is 39.6 Å². The normalized spacial score (nSPS) is 15.1. The molecule has 0 saturated heterocycles. The maximum Gasteiger partial charge on any atom is 0.418 e. The summed E-state index contributed by atoms with van der Waals surface area (Å²) >= 11 is 12.1. The fourth-order valence-electron chi connectivity index (χ4n) is 5.25. The molecule has 1 aliphatic heterocycles. The van der Waals surface area contributed by atoms with Crippen LogP contribution in [0, 0.1) is 0 Å². The Morgan fingerprint density at radius 2 is 1.48 bits per heavy atom. The van der Waals surface area contributed by atoms with Gasteiger partial charge in [0.2, 0.25) is 0 Å². The zero-order chi connectivity index (χ0) is 30.6. The van der Waals surface area contributed by atoms with Gasteiger partial charge >= 0.3 is 12.4 Å². The first kappa shape index (κ1) is 29.8. The number of anilines is 2. The number of imidazole rings is 1. The van der Waals surface area contributed by atoms with Crippen LogP contribution in [0.15, 0.2) is 72.6 Å². The molecular formula is C30H25Cl2F6N4+. The lowest BCUT2D eigenvalue weighted by molar-refractivity contribution is -0.647. The number of hydrogen-bond donors (Lipinski definition) is 0. The van der Waals surface area contributed by atoms with E-state index in [-0.39, 0.29) is 5.02 Å². The number of rotatable bonds is 5. The van der Waals surface area contributed by atoms with Gasteiger partial charge in [-0.15, -0.1) is 0 Å². The molecule has 4 nitrogen and oxygen atoms in total. The van der Waals surface area contributed by atoms with Gasteiger partial charge in [0, 0.05) is 31.8 Å². The average Bonchev–Trinajstić information content (AvgIpc) is 3.31. The van der Waals surface area contributed by atoms with Gasteiger partial charge in [0.1, 0.15) is 12.4 Å². The summed E-state index contributed by atoms with van der Waals surface area (Å²) in [4.78, 5) is 3.48. The van der Waals surface area contributed by atoms with Crippen molar-refractivity contribution in [1.82, 2.24) is 4.57 Å². The predicted octanol–water partition coefficient (Wildman–Crippen LogP) is 8.69. The molecule has 1 aliphatic rings. The minimum atomic E-state index is -4.62. The SMILES string of the molecule is CCN1/C(=C\C=C\c2n(Cc3ccccc3)c3cc(Cl)c(C(F)(F)F)cc3[n+]2C)N(C)c2cc(C(F)(F)F)c(Cl)cc21. The highest BCUT2D eigenvalue weighted by molar-refractivity contribution is 6.32. The van der Waals surface area contributed by atoms with Gasteiger partial charge in [-0.2, -0.15) is 26.3 Å². The minimum absolute atomic E-state index is 0.338. The van der Waals surface area contributed by atoms with Crippen molar-refractivity contribution >= 4 is 51.7 Å². The Hall–Kier alpha value is -3.63. The molecule has 2 heterocycles. The van der Waals surface area contributed by atoms with Crippen molar-refractivity contribution in [2.45, 2.75) is 25.8 Å². The largest absolute Gasteiger partial charge is 0.418 e. The maximum atomic E-state index is 13.7. The molecule has 0 atom stereocenters. The third-order valence-electron chi connectivity index (χ3n) is 7.27. The van der Waals surface area contributed by atoms with E-state index in [9.17, 15) is 26.3 Å². The Labute approximate surface area is 248 Å². The molecule has 0 N–H and O–H groups in total. The summed E-state index contributed by atoms with van der Waals surface area (Å²) in [5, 5.41) is -0.792. The molecule has 12 heteroatoms. The Balaban J connectivity index is 1.61. The highest BCUT2D eigenvalue weighted by Crippen LogP contribution is 2.47. The van der Waals surface area contributed by atoms with Crippen molar-refractivity contribution in [3.05, 3.63) is 105 Å². The second-order valence-electron chi connectivity index (χ2n) is 9.81. The molecule has 0 radical (unpaired) electrons. The number of allylic oxidation sites excluding steroid dienone is 2. The van der Waals surface area contributed by atoms with E-state index < -0.39 is 28.5 Å². The first-order chi connectivity index (χ1) is 19.7. The molecule has 1 aromatic heterocycles. The number of halogens is 8. The van der Waals surface area contributed by atoms with E-state index in [1.165, 1.54) is 12.1 Å². The van der Waals surface area contributed by atoms with Crippen LogP contribution in [-0.4, -0.2) is 18.2 Å². The average molecular weight is 626 g/mol. The maximum absolute atomic E-state index is 13.7. The Kier molecular flexibility index (Phi) is 7.74. The van der Waals surface area contributed by atoms with Gasteiger partial charge in [-0.3, -0.25) is 0 Å². The van der Waals surface area contributed by atoms with Crippen molar-refractivity contribution in [3.63, 3.8) is 0 Å². The molecule has 220 valence electrons. The van der Waals surface area contributed by atoms with E-state index in [4.69, 9.17) is 23.2 Å². The molecule has 0 unspecified atom stereocenters. The Bertz CT molecular complexity index is 1720. The predicted molar refractivity (Wildman–Crippen MR) is 154 cm³/mol. The third kappa shape index (κ3) is 5.33. The molecular weight excluding hydrogens is 601 g/mol. The van der Waals surface area contributed by atoms with Crippen LogP contribution in [0.2, 0.25) is 10.0 Å². The molecule has 42 heavy (non-hydrogen) atoms. The molecule has 3 aromatic carbocycles. The van der Waals surface area contributed by atoms with Crippen molar-refractivity contribution < 1.29 is 30.9 Å². The van der Waals surface area contributed by atoms with Crippen molar-refractivity contribution in [2.75, 3.05) is 23.4 Å². The van der Waals surface area contributed by atoms with Crippen LogP contribution < -0.4 is 14.4 Å². The van der Waals surface area contributed by atoms with Gasteiger partial charge in [-0.1, -0.05) is 59.6 Å². The number of alkyl halides is 6. The highest BCUT2D eigenvalue weighted by Gasteiger charge is 2.38. The minimum Gasteiger partial charge on any atom is -0.329 e. The van der Waals surface area contributed by atoms with Gasteiger partial charge < -0.3 is 9.80 Å². The summed E-state index contributed by atoms with van der Waals surface area (Å²) in [6, 6.07) is 14.1. The Morgan fingerprint density at radius 3 is 2.10 bits per heavy atom. The summed E-state index contributed by atoms with van der Waals surface area (Å²) in [7, 11) is 3.33. The monoisotopic (exact) mass is 625 g/mol. The number of hydrogen-bond acceptors (Lipinski definition) is 2. The van der Waals surface area contributed by atoms with E-state index in [2.05, 4.69) is 0 Å². The molecule has 5 rings (SSSR count). The van der Waals surface area contributed by atoms with E-state index in [1.807, 2.05) is 46.7 Å². The van der Waals surface area contributed by atoms with Gasteiger partial charge in [0.15, 0.2) is 11.0 Å². The van der Waals surface area contributed by atoms with E-state index in [1.54, 1.807) is 41.8 Å². The second kappa shape index (κ2) is 10.9. The fraction of sp³-hybridized carbons (Fsp3) is 0.233. The fourth-order valence-corrected chi connectivity index (χ4v) is 5.78. The van der Waals surface area contributed by atoms with Crippen LogP contribution >= 0.6 is 23.2 Å². The van der Waals surface area contributed by atoms with E-state index >= 15 is 0 Å². The summed E-state index contributed by atoms with van der Waals surface area (Å²) in [5.74, 6) is 1.19. The first-order valence-corrected chi connectivity index (χ1v) is 13.6. The standard InChI is InChI=1S/C30H25Cl2F6N4/c1-4-41-25-15-21(31)19(29(33,34)35)13-23(25)39(2)27(41)11-8-12-28-40(3)24-14-20(30(36,37)38)22(32)16-26(24)42(28)17-18-9-6-5-7-10-18/h5-16H,4,17H2,1-3H3/q+1. The lowest BCUT2D eigenvalue weighted by atomic mass is 10.1. The van der Waals surface area contributed by atoms with Crippen molar-refractivity contribution in [2.24, 2.45) is 7.05 Å². The molecule has 0 bridgehead atoms. The first-order valence-electron chi connectivity index (χ1n) is 12.9. The van der Waals surface area contributed by atoms with E-state index in [0.717, 1.165) is 17.7 Å². The van der Waals surface area contributed by atoms with Crippen LogP contribution in [0.4, 0.5) is 37.7 Å². The van der Waals surface area contributed by atoms with Gasteiger partial charge in [-0.05, 0) is 30.7 Å². The zero-order valence-corrected chi connectivity index (χ0v) is 24.2. The van der Waals surface area contributed by atoms with Gasteiger partial charge in [0.25, 0.3) is 5.82 Å². The van der Waals surface area contributed by atoms with Crippen LogP contribution in [-0.2, 0) is 25.9 Å². The molecule has 0 amide bonds. The van der Waals surface area contributed by atoms with Crippen LogP contribution in [0.3, 0.4) is 0 Å².